The summed E-state index contributed by atoms with van der Waals surface area (Å²) in [6.45, 7) is 0. The molecule has 1 aliphatic heterocycles. The van der Waals surface area contributed by atoms with Crippen molar-refractivity contribution in [3.63, 3.8) is 0 Å². The van der Waals surface area contributed by atoms with Crippen LogP contribution in [0.5, 0.6) is 5.88 Å². The molecule has 27 heavy (non-hydrogen) atoms. The number of ether oxygens (including phenoxy) is 1. The Morgan fingerprint density at radius 1 is 1.15 bits per heavy atom. The van der Waals surface area contributed by atoms with Crippen molar-refractivity contribution in [2.45, 2.75) is 0 Å². The second-order valence-electron chi connectivity index (χ2n) is 5.94. The first kappa shape index (κ1) is 18.5. The molecule has 2 heterocycles. The highest BCUT2D eigenvalue weighted by Gasteiger charge is 2.27. The van der Waals surface area contributed by atoms with E-state index in [1.807, 2.05) is 0 Å². The first-order chi connectivity index (χ1) is 12.7. The number of carbonyl (C=O) groups excluding carboxylic acids is 3. The number of anilines is 1. The summed E-state index contributed by atoms with van der Waals surface area (Å²) in [6, 6.07) is 6.25. The van der Waals surface area contributed by atoms with Crippen LogP contribution in [-0.4, -0.2) is 50.2 Å². The predicted molar refractivity (Wildman–Crippen MR) is 96.4 cm³/mol. The number of benzene rings is 1. The Balaban J connectivity index is 1.96. The number of rotatable bonds is 5. The van der Waals surface area contributed by atoms with Crippen molar-refractivity contribution in [2.75, 3.05) is 24.4 Å². The van der Waals surface area contributed by atoms with Gasteiger partial charge in [0.1, 0.15) is 11.4 Å². The quantitative estimate of drug-likeness (QED) is 0.717. The van der Waals surface area contributed by atoms with Crippen LogP contribution in [0.2, 0.25) is 0 Å². The van der Waals surface area contributed by atoms with Crippen LogP contribution < -0.4 is 15.4 Å². The first-order valence-electron chi connectivity index (χ1n) is 7.69. The van der Waals surface area contributed by atoms with E-state index in [4.69, 9.17) is 4.74 Å². The number of hydrogen-bond donors (Lipinski definition) is 2. The average Bonchev–Trinajstić information content (AvgIpc) is 2.87. The number of pyridine rings is 1. The molecule has 0 saturated heterocycles. The first-order valence-corrected chi connectivity index (χ1v) is 9.75. The van der Waals surface area contributed by atoms with Crippen molar-refractivity contribution in [1.82, 2.24) is 10.3 Å². The summed E-state index contributed by atoms with van der Waals surface area (Å²) in [7, 11) is -2.13. The summed E-state index contributed by atoms with van der Waals surface area (Å²) < 4.78 is 27.6. The average molecular weight is 389 g/mol. The molecule has 0 fully saturated rings. The fourth-order valence-electron chi connectivity index (χ4n) is 2.63. The van der Waals surface area contributed by atoms with Gasteiger partial charge in [-0.05, 0) is 23.8 Å². The molecule has 1 aromatic heterocycles. The zero-order valence-electron chi connectivity index (χ0n) is 14.4. The number of amides is 3. The van der Waals surface area contributed by atoms with Gasteiger partial charge < -0.3 is 10.1 Å². The Morgan fingerprint density at radius 3 is 2.52 bits per heavy atom. The van der Waals surface area contributed by atoms with Gasteiger partial charge in [0, 0.05) is 18.0 Å². The highest BCUT2D eigenvalue weighted by atomic mass is 32.2. The van der Waals surface area contributed by atoms with Crippen LogP contribution in [0.25, 0.3) is 11.1 Å². The predicted octanol–water partition coefficient (Wildman–Crippen LogP) is 0.624. The van der Waals surface area contributed by atoms with E-state index in [2.05, 4.69) is 15.6 Å². The van der Waals surface area contributed by atoms with E-state index < -0.39 is 33.3 Å². The van der Waals surface area contributed by atoms with Gasteiger partial charge >= 0.3 is 0 Å². The highest BCUT2D eigenvalue weighted by molar-refractivity contribution is 7.91. The van der Waals surface area contributed by atoms with Crippen LogP contribution in [-0.2, 0) is 14.6 Å². The highest BCUT2D eigenvalue weighted by Crippen LogP contribution is 2.30. The van der Waals surface area contributed by atoms with Crippen molar-refractivity contribution in [1.29, 1.82) is 0 Å². The van der Waals surface area contributed by atoms with Crippen molar-refractivity contribution >= 4 is 33.2 Å². The van der Waals surface area contributed by atoms with Crippen LogP contribution in [0, 0.1) is 0 Å². The van der Waals surface area contributed by atoms with Gasteiger partial charge in [-0.3, -0.25) is 19.7 Å². The number of hydrogen-bond acceptors (Lipinski definition) is 7. The largest absolute Gasteiger partial charge is 0.480 e. The van der Waals surface area contributed by atoms with Crippen LogP contribution >= 0.6 is 0 Å². The molecule has 1 aromatic carbocycles. The molecule has 10 heteroatoms. The zero-order chi connectivity index (χ0) is 19.8. The second-order valence-corrected chi connectivity index (χ2v) is 8.08. The third-order valence-electron chi connectivity index (χ3n) is 3.78. The number of carbonyl (C=O) groups is 3. The third kappa shape index (κ3) is 3.95. The van der Waals surface area contributed by atoms with Gasteiger partial charge in [-0.1, -0.05) is 6.07 Å². The Hall–Kier alpha value is -3.27. The van der Waals surface area contributed by atoms with Crippen LogP contribution in [0.1, 0.15) is 20.7 Å². The molecule has 0 radical (unpaired) electrons. The maximum Gasteiger partial charge on any atom is 0.258 e. The van der Waals surface area contributed by atoms with Crippen LogP contribution in [0.3, 0.4) is 0 Å². The third-order valence-corrected chi connectivity index (χ3v) is 4.57. The molecule has 140 valence electrons. The summed E-state index contributed by atoms with van der Waals surface area (Å²) in [5.41, 5.74) is 1.85. The lowest BCUT2D eigenvalue weighted by atomic mass is 10.0. The van der Waals surface area contributed by atoms with Gasteiger partial charge in [0.2, 0.25) is 11.8 Å². The van der Waals surface area contributed by atoms with E-state index in [0.29, 0.717) is 11.1 Å². The van der Waals surface area contributed by atoms with E-state index in [-0.39, 0.29) is 22.7 Å². The Morgan fingerprint density at radius 2 is 1.85 bits per heavy atom. The molecule has 9 nitrogen and oxygen atoms in total. The number of nitrogens with zero attached hydrogens (tertiary/aromatic N) is 1. The molecule has 0 bridgehead atoms. The lowest BCUT2D eigenvalue weighted by Crippen LogP contribution is -2.22. The van der Waals surface area contributed by atoms with Crippen LogP contribution in [0.15, 0.2) is 30.5 Å². The molecule has 3 rings (SSSR count). The van der Waals surface area contributed by atoms with Crippen molar-refractivity contribution in [3.8, 4) is 17.0 Å². The van der Waals surface area contributed by atoms with E-state index >= 15 is 0 Å². The maximum atomic E-state index is 11.9. The monoisotopic (exact) mass is 389 g/mol. The summed E-state index contributed by atoms with van der Waals surface area (Å²) in [5, 5.41) is 4.67. The number of aromatic nitrogens is 1. The van der Waals surface area contributed by atoms with Gasteiger partial charge in [-0.15, -0.1) is 0 Å². The summed E-state index contributed by atoms with van der Waals surface area (Å²) in [6.07, 6.45) is 2.43. The minimum Gasteiger partial charge on any atom is -0.480 e. The van der Waals surface area contributed by atoms with E-state index in [1.165, 1.54) is 19.4 Å². The fourth-order valence-corrected chi connectivity index (χ4v) is 3.18. The van der Waals surface area contributed by atoms with Crippen LogP contribution in [0.4, 0.5) is 5.69 Å². The maximum absolute atomic E-state index is 11.9. The summed E-state index contributed by atoms with van der Waals surface area (Å²) in [4.78, 5) is 39.5. The topological polar surface area (TPSA) is 132 Å². The molecule has 0 spiro atoms. The van der Waals surface area contributed by atoms with E-state index in [9.17, 15) is 22.8 Å². The lowest BCUT2D eigenvalue weighted by molar-refractivity contribution is -0.113. The summed E-state index contributed by atoms with van der Waals surface area (Å²) in [5.74, 6) is -2.24. The normalized spacial score (nSPS) is 13.1. The molecule has 0 unspecified atom stereocenters. The molecule has 0 atom stereocenters. The Kier molecular flexibility index (Phi) is 4.66. The van der Waals surface area contributed by atoms with Gasteiger partial charge in [-0.25, -0.2) is 13.4 Å². The number of fused-ring (bicyclic) bond motifs is 1. The minimum absolute atomic E-state index is 0.106. The molecule has 2 N–H and O–H groups in total. The number of methoxy groups -OCH3 is 1. The molecular formula is C17H15N3O6S. The van der Waals surface area contributed by atoms with Gasteiger partial charge in [-0.2, -0.15) is 0 Å². The van der Waals surface area contributed by atoms with Gasteiger partial charge in [0.05, 0.1) is 18.2 Å². The zero-order valence-corrected chi connectivity index (χ0v) is 15.2. The smallest absolute Gasteiger partial charge is 0.258 e. The second kappa shape index (κ2) is 6.80. The Labute approximate surface area is 154 Å². The standard InChI is InChI=1S/C17H15N3O6S/c1-26-17-13(19-14(21)8-27(2,24)25)6-10(7-18-17)9-3-4-11-12(5-9)16(23)20-15(11)22/h3-7H,8H2,1-2H3,(H,19,21)(H,20,22,23). The summed E-state index contributed by atoms with van der Waals surface area (Å²) >= 11 is 0. The fraction of sp³-hybridized carbons (Fsp3) is 0.176. The van der Waals surface area contributed by atoms with Crippen molar-refractivity contribution < 1.29 is 27.5 Å². The molecule has 0 aliphatic carbocycles. The molecule has 1 aliphatic rings. The molecule has 3 amide bonds. The molecule has 0 saturated carbocycles. The lowest BCUT2D eigenvalue weighted by Gasteiger charge is -2.11. The van der Waals surface area contributed by atoms with E-state index in [0.717, 1.165) is 6.26 Å². The van der Waals surface area contributed by atoms with Crippen molar-refractivity contribution in [2.24, 2.45) is 0 Å². The number of nitrogens with one attached hydrogen (secondary N) is 2. The SMILES string of the molecule is COc1ncc(-c2ccc3c(c2)C(=O)NC3=O)cc1NC(=O)CS(C)(=O)=O. The minimum atomic E-state index is -3.49. The number of imide groups is 1. The molecular weight excluding hydrogens is 374 g/mol. The molecule has 2 aromatic rings. The number of sulfone groups is 1. The van der Waals surface area contributed by atoms with Gasteiger partial charge in [0.25, 0.3) is 11.8 Å². The van der Waals surface area contributed by atoms with Crippen molar-refractivity contribution in [3.05, 3.63) is 41.6 Å². The van der Waals surface area contributed by atoms with E-state index in [1.54, 1.807) is 18.2 Å². The Bertz CT molecular complexity index is 1080. The van der Waals surface area contributed by atoms with Gasteiger partial charge in [0.15, 0.2) is 9.84 Å².